The highest BCUT2D eigenvalue weighted by Gasteiger charge is 2.25. The van der Waals surface area contributed by atoms with Crippen molar-refractivity contribution in [3.8, 4) is 0 Å². The van der Waals surface area contributed by atoms with E-state index in [1.54, 1.807) is 0 Å². The number of anilines is 2. The first kappa shape index (κ1) is 11.3. The number of aliphatic hydroxyl groups is 1. The quantitative estimate of drug-likeness (QED) is 0.709. The Kier molecular flexibility index (Phi) is 3.06. The lowest BCUT2D eigenvalue weighted by Gasteiger charge is -2.36. The van der Waals surface area contributed by atoms with E-state index in [0.29, 0.717) is 5.92 Å². The number of aliphatic hydroxyl groups excluding tert-OH is 1. The lowest BCUT2D eigenvalue weighted by molar-refractivity contribution is 0.0971. The van der Waals surface area contributed by atoms with Crippen LogP contribution in [-0.2, 0) is 0 Å². The first-order chi connectivity index (χ1) is 7.59. The van der Waals surface area contributed by atoms with Crippen molar-refractivity contribution in [2.45, 2.75) is 26.4 Å². The fourth-order valence-corrected chi connectivity index (χ4v) is 2.34. The summed E-state index contributed by atoms with van der Waals surface area (Å²) < 4.78 is 0. The number of hydrogen-bond donors (Lipinski definition) is 2. The van der Waals surface area contributed by atoms with Crippen molar-refractivity contribution >= 4 is 11.4 Å². The molecular formula is C13H20N2O. The number of nitrogen functional groups attached to an aromatic ring is 1. The zero-order valence-corrected chi connectivity index (χ0v) is 9.98. The molecule has 1 aromatic carbocycles. The molecule has 0 radical (unpaired) electrons. The topological polar surface area (TPSA) is 49.5 Å². The van der Waals surface area contributed by atoms with E-state index in [-0.39, 0.29) is 6.10 Å². The molecule has 2 atom stereocenters. The van der Waals surface area contributed by atoms with E-state index in [1.807, 2.05) is 12.1 Å². The second kappa shape index (κ2) is 4.34. The fourth-order valence-electron chi connectivity index (χ4n) is 2.34. The number of piperidine rings is 1. The Balaban J connectivity index is 2.22. The van der Waals surface area contributed by atoms with Crippen LogP contribution in [0.25, 0.3) is 0 Å². The van der Waals surface area contributed by atoms with Gasteiger partial charge in [0, 0.05) is 24.5 Å². The highest BCUT2D eigenvalue weighted by Crippen LogP contribution is 2.28. The lowest BCUT2D eigenvalue weighted by atomic mass is 9.95. The number of nitrogens with zero attached hydrogens (tertiary/aromatic N) is 1. The van der Waals surface area contributed by atoms with Crippen LogP contribution in [0.1, 0.15) is 18.9 Å². The van der Waals surface area contributed by atoms with E-state index in [2.05, 4.69) is 24.8 Å². The molecule has 0 saturated carbocycles. The van der Waals surface area contributed by atoms with Crippen LogP contribution in [0.5, 0.6) is 0 Å². The van der Waals surface area contributed by atoms with Gasteiger partial charge in [0.2, 0.25) is 0 Å². The molecule has 3 N–H and O–H groups in total. The molecule has 2 rings (SSSR count). The van der Waals surface area contributed by atoms with Crippen molar-refractivity contribution in [1.29, 1.82) is 0 Å². The van der Waals surface area contributed by atoms with E-state index < -0.39 is 0 Å². The second-order valence-electron chi connectivity index (χ2n) is 4.77. The molecule has 88 valence electrons. The number of nitrogens with two attached hydrogens (primary N) is 1. The van der Waals surface area contributed by atoms with Gasteiger partial charge in [0.05, 0.1) is 6.10 Å². The fraction of sp³-hybridized carbons (Fsp3) is 0.538. The molecule has 3 heteroatoms. The minimum absolute atomic E-state index is 0.155. The zero-order chi connectivity index (χ0) is 11.7. The number of hydrogen-bond acceptors (Lipinski definition) is 3. The minimum Gasteiger partial charge on any atom is -0.398 e. The van der Waals surface area contributed by atoms with Crippen molar-refractivity contribution in [2.24, 2.45) is 5.92 Å². The van der Waals surface area contributed by atoms with Gasteiger partial charge in [-0.2, -0.15) is 0 Å². The van der Waals surface area contributed by atoms with E-state index in [0.717, 1.165) is 30.8 Å². The third kappa shape index (κ3) is 2.00. The molecule has 2 unspecified atom stereocenters. The molecule has 0 aromatic heterocycles. The van der Waals surface area contributed by atoms with Crippen molar-refractivity contribution in [2.75, 3.05) is 23.7 Å². The molecule has 3 nitrogen and oxygen atoms in total. The third-order valence-electron chi connectivity index (χ3n) is 3.55. The van der Waals surface area contributed by atoms with Gasteiger partial charge >= 0.3 is 0 Å². The number of rotatable bonds is 1. The van der Waals surface area contributed by atoms with Crippen molar-refractivity contribution in [3.05, 3.63) is 23.8 Å². The first-order valence-corrected chi connectivity index (χ1v) is 5.87. The molecule has 1 aliphatic rings. The summed E-state index contributed by atoms with van der Waals surface area (Å²) in [6.07, 6.45) is 0.688. The van der Waals surface area contributed by atoms with Crippen LogP contribution in [-0.4, -0.2) is 24.3 Å². The van der Waals surface area contributed by atoms with Gasteiger partial charge in [-0.05, 0) is 37.0 Å². The summed E-state index contributed by atoms with van der Waals surface area (Å²) in [6, 6.07) is 6.03. The molecule has 1 saturated heterocycles. The first-order valence-electron chi connectivity index (χ1n) is 5.87. The van der Waals surface area contributed by atoms with Gasteiger partial charge < -0.3 is 15.7 Å². The molecule has 1 heterocycles. The Morgan fingerprint density at radius 1 is 1.44 bits per heavy atom. The largest absolute Gasteiger partial charge is 0.398 e. The maximum Gasteiger partial charge on any atom is 0.0599 e. The maximum absolute atomic E-state index is 9.71. The highest BCUT2D eigenvalue weighted by molar-refractivity contribution is 5.64. The van der Waals surface area contributed by atoms with Crippen LogP contribution in [0.3, 0.4) is 0 Å². The SMILES string of the molecule is Cc1c(N)cccc1N1CCC(O)C(C)C1. The minimum atomic E-state index is -0.155. The summed E-state index contributed by atoms with van der Waals surface area (Å²) in [5.74, 6) is 0.328. The molecule has 1 aromatic rings. The predicted molar refractivity (Wildman–Crippen MR) is 67.6 cm³/mol. The van der Waals surface area contributed by atoms with Gasteiger partial charge in [-0.3, -0.25) is 0 Å². The van der Waals surface area contributed by atoms with Gasteiger partial charge in [0.15, 0.2) is 0 Å². The maximum atomic E-state index is 9.71. The molecule has 0 amide bonds. The smallest absolute Gasteiger partial charge is 0.0599 e. The summed E-state index contributed by atoms with van der Waals surface area (Å²) in [5.41, 5.74) is 9.11. The van der Waals surface area contributed by atoms with Crippen molar-refractivity contribution in [3.63, 3.8) is 0 Å². The van der Waals surface area contributed by atoms with Crippen LogP contribution >= 0.6 is 0 Å². The Labute approximate surface area is 96.9 Å². The van der Waals surface area contributed by atoms with Gasteiger partial charge in [-0.1, -0.05) is 13.0 Å². The van der Waals surface area contributed by atoms with E-state index >= 15 is 0 Å². The van der Waals surface area contributed by atoms with Gasteiger partial charge in [-0.15, -0.1) is 0 Å². The summed E-state index contributed by atoms with van der Waals surface area (Å²) in [5, 5.41) is 9.71. The molecular weight excluding hydrogens is 200 g/mol. The van der Waals surface area contributed by atoms with Crippen LogP contribution in [0, 0.1) is 12.8 Å². The van der Waals surface area contributed by atoms with Gasteiger partial charge in [0.25, 0.3) is 0 Å². The average Bonchev–Trinajstić information content (AvgIpc) is 2.26. The van der Waals surface area contributed by atoms with Crippen molar-refractivity contribution in [1.82, 2.24) is 0 Å². The van der Waals surface area contributed by atoms with Gasteiger partial charge in [-0.25, -0.2) is 0 Å². The zero-order valence-electron chi connectivity index (χ0n) is 9.98. The normalized spacial score (nSPS) is 25.8. The van der Waals surface area contributed by atoms with Crippen LogP contribution in [0.15, 0.2) is 18.2 Å². The summed E-state index contributed by atoms with van der Waals surface area (Å²) in [4.78, 5) is 2.32. The molecule has 0 spiro atoms. The molecule has 1 fully saturated rings. The van der Waals surface area contributed by atoms with Crippen LogP contribution in [0.2, 0.25) is 0 Å². The highest BCUT2D eigenvalue weighted by atomic mass is 16.3. The molecule has 1 aliphatic heterocycles. The van der Waals surface area contributed by atoms with Crippen LogP contribution < -0.4 is 10.6 Å². The van der Waals surface area contributed by atoms with Crippen molar-refractivity contribution < 1.29 is 5.11 Å². The Hall–Kier alpha value is -1.22. The van der Waals surface area contributed by atoms with E-state index in [4.69, 9.17) is 5.73 Å². The third-order valence-corrected chi connectivity index (χ3v) is 3.55. The summed E-state index contributed by atoms with van der Waals surface area (Å²) in [7, 11) is 0. The monoisotopic (exact) mass is 220 g/mol. The second-order valence-corrected chi connectivity index (χ2v) is 4.77. The Morgan fingerprint density at radius 2 is 2.19 bits per heavy atom. The van der Waals surface area contributed by atoms with Crippen LogP contribution in [0.4, 0.5) is 11.4 Å². The van der Waals surface area contributed by atoms with E-state index in [9.17, 15) is 5.11 Å². The lowest BCUT2D eigenvalue weighted by Crippen LogP contribution is -2.42. The van der Waals surface area contributed by atoms with E-state index in [1.165, 1.54) is 5.69 Å². The molecule has 0 bridgehead atoms. The summed E-state index contributed by atoms with van der Waals surface area (Å²) >= 11 is 0. The average molecular weight is 220 g/mol. The predicted octanol–water partition coefficient (Wildman–Crippen LogP) is 1.78. The Bertz CT molecular complexity index is 378. The number of benzene rings is 1. The molecule has 16 heavy (non-hydrogen) atoms. The standard InChI is InChI=1S/C13H20N2O/c1-9-8-15(7-6-13(9)16)12-5-3-4-11(14)10(12)2/h3-5,9,13,16H,6-8,14H2,1-2H3. The Morgan fingerprint density at radius 3 is 2.88 bits per heavy atom. The summed E-state index contributed by atoms with van der Waals surface area (Å²) in [6.45, 7) is 5.97. The molecule has 0 aliphatic carbocycles. The van der Waals surface area contributed by atoms with Gasteiger partial charge in [0.1, 0.15) is 0 Å².